The first-order chi connectivity index (χ1) is 9.60. The van der Waals surface area contributed by atoms with Crippen molar-refractivity contribution in [2.24, 2.45) is 0 Å². The average Bonchev–Trinajstić information content (AvgIpc) is 2.46. The van der Waals surface area contributed by atoms with E-state index in [4.69, 9.17) is 10.00 Å². The Balaban J connectivity index is 2.14. The highest BCUT2D eigenvalue weighted by molar-refractivity contribution is 9.10. The van der Waals surface area contributed by atoms with Gasteiger partial charge >= 0.3 is 0 Å². The van der Waals surface area contributed by atoms with Crippen molar-refractivity contribution in [1.82, 2.24) is 0 Å². The van der Waals surface area contributed by atoms with Gasteiger partial charge in [-0.3, -0.25) is 10.1 Å². The van der Waals surface area contributed by atoms with E-state index in [1.807, 2.05) is 24.3 Å². The van der Waals surface area contributed by atoms with Crippen molar-refractivity contribution in [3.05, 3.63) is 68.2 Å². The summed E-state index contributed by atoms with van der Waals surface area (Å²) in [6.45, 7) is 0.302. The molecule has 0 aliphatic carbocycles. The number of benzene rings is 2. The molecule has 2 aromatic carbocycles. The van der Waals surface area contributed by atoms with Crippen molar-refractivity contribution in [1.29, 1.82) is 5.26 Å². The van der Waals surface area contributed by atoms with Gasteiger partial charge in [-0.15, -0.1) is 0 Å². The number of nitro groups is 1. The van der Waals surface area contributed by atoms with Crippen LogP contribution < -0.4 is 4.74 Å². The van der Waals surface area contributed by atoms with E-state index in [-0.39, 0.29) is 11.3 Å². The van der Waals surface area contributed by atoms with Crippen LogP contribution in [0.15, 0.2) is 46.9 Å². The Hall–Kier alpha value is -2.39. The average molecular weight is 333 g/mol. The third-order valence-corrected chi connectivity index (χ3v) is 3.13. The molecule has 0 atom stereocenters. The number of hydrogen-bond donors (Lipinski definition) is 0. The lowest BCUT2D eigenvalue weighted by molar-refractivity contribution is -0.385. The molecule has 0 saturated heterocycles. The summed E-state index contributed by atoms with van der Waals surface area (Å²) in [5.74, 6) is 0.360. The van der Waals surface area contributed by atoms with Gasteiger partial charge in [0.1, 0.15) is 24.0 Å². The normalized spacial score (nSPS) is 9.80. The Kier molecular flexibility index (Phi) is 4.33. The lowest BCUT2D eigenvalue weighted by atomic mass is 10.2. The minimum atomic E-state index is -0.592. The predicted molar refractivity (Wildman–Crippen MR) is 76.3 cm³/mol. The van der Waals surface area contributed by atoms with Crippen molar-refractivity contribution in [2.45, 2.75) is 6.61 Å². The smallest absolute Gasteiger partial charge is 0.290 e. The quantitative estimate of drug-likeness (QED) is 0.630. The van der Waals surface area contributed by atoms with Gasteiger partial charge in [0.25, 0.3) is 5.69 Å². The van der Waals surface area contributed by atoms with Gasteiger partial charge in [0, 0.05) is 4.47 Å². The number of nitro benzene ring substituents is 1. The summed E-state index contributed by atoms with van der Waals surface area (Å²) in [5, 5.41) is 19.6. The monoisotopic (exact) mass is 332 g/mol. The molecule has 0 fully saturated rings. The Morgan fingerprint density at radius 2 is 1.95 bits per heavy atom. The maximum absolute atomic E-state index is 10.8. The van der Waals surface area contributed by atoms with Crippen molar-refractivity contribution in [3.8, 4) is 11.8 Å². The largest absolute Gasteiger partial charge is 0.489 e. The molecular weight excluding hydrogens is 324 g/mol. The zero-order valence-corrected chi connectivity index (χ0v) is 11.8. The molecule has 0 amide bonds. The van der Waals surface area contributed by atoms with Gasteiger partial charge in [-0.2, -0.15) is 5.26 Å². The Labute approximate surface area is 123 Å². The van der Waals surface area contributed by atoms with Crippen molar-refractivity contribution >= 4 is 21.6 Å². The molecule has 2 aromatic rings. The van der Waals surface area contributed by atoms with Crippen molar-refractivity contribution in [3.63, 3.8) is 0 Å². The maximum Gasteiger partial charge on any atom is 0.290 e. The Bertz CT molecular complexity index is 678. The summed E-state index contributed by atoms with van der Waals surface area (Å²) >= 11 is 3.34. The van der Waals surface area contributed by atoms with Gasteiger partial charge in [0.2, 0.25) is 0 Å². The van der Waals surface area contributed by atoms with Crippen LogP contribution >= 0.6 is 15.9 Å². The molecule has 0 spiro atoms. The number of hydrogen-bond acceptors (Lipinski definition) is 4. The first-order valence-electron chi connectivity index (χ1n) is 5.66. The second-order valence-corrected chi connectivity index (χ2v) is 4.88. The van der Waals surface area contributed by atoms with Gasteiger partial charge in [-0.25, -0.2) is 0 Å². The Morgan fingerprint density at radius 1 is 1.25 bits per heavy atom. The standard InChI is InChI=1S/C14H9BrN2O3/c15-12-4-1-10(2-5-12)9-20-13-6-3-11(8-16)14(7-13)17(18)19/h1-7H,9H2. The van der Waals surface area contributed by atoms with Crippen molar-refractivity contribution < 1.29 is 9.66 Å². The zero-order valence-electron chi connectivity index (χ0n) is 10.2. The van der Waals surface area contributed by atoms with Crippen LogP contribution in [0.4, 0.5) is 5.69 Å². The summed E-state index contributed by atoms with van der Waals surface area (Å²) < 4.78 is 6.46. The van der Waals surface area contributed by atoms with Crippen LogP contribution in [-0.4, -0.2) is 4.92 Å². The molecule has 0 unspecified atom stereocenters. The fourth-order valence-electron chi connectivity index (χ4n) is 1.59. The Morgan fingerprint density at radius 3 is 2.55 bits per heavy atom. The third-order valence-electron chi connectivity index (χ3n) is 2.61. The first-order valence-corrected chi connectivity index (χ1v) is 6.45. The molecule has 0 N–H and O–H groups in total. The minimum Gasteiger partial charge on any atom is -0.489 e. The molecule has 5 nitrogen and oxygen atoms in total. The summed E-state index contributed by atoms with van der Waals surface area (Å²) in [5.41, 5.74) is 0.715. The van der Waals surface area contributed by atoms with E-state index in [1.165, 1.54) is 12.1 Å². The van der Waals surface area contributed by atoms with Crippen LogP contribution in [0.1, 0.15) is 11.1 Å². The zero-order chi connectivity index (χ0) is 14.5. The molecule has 2 rings (SSSR count). The molecule has 0 aliphatic heterocycles. The van der Waals surface area contributed by atoms with E-state index >= 15 is 0 Å². The topological polar surface area (TPSA) is 76.2 Å². The molecule has 0 saturated carbocycles. The third kappa shape index (κ3) is 3.33. The molecule has 0 heterocycles. The van der Waals surface area contributed by atoms with Crippen molar-refractivity contribution in [2.75, 3.05) is 0 Å². The number of nitriles is 1. The summed E-state index contributed by atoms with van der Waals surface area (Å²) in [4.78, 5) is 10.2. The van der Waals surface area contributed by atoms with Gasteiger partial charge in [0.05, 0.1) is 11.0 Å². The number of rotatable bonds is 4. The highest BCUT2D eigenvalue weighted by atomic mass is 79.9. The summed E-state index contributed by atoms with van der Waals surface area (Å²) in [6.07, 6.45) is 0. The van der Waals surface area contributed by atoms with Crippen LogP contribution in [-0.2, 0) is 6.61 Å². The fourth-order valence-corrected chi connectivity index (χ4v) is 1.86. The molecule has 100 valence electrons. The molecule has 20 heavy (non-hydrogen) atoms. The predicted octanol–water partition coefficient (Wildman–Crippen LogP) is 3.81. The second-order valence-electron chi connectivity index (χ2n) is 3.96. The lowest BCUT2D eigenvalue weighted by Crippen LogP contribution is -1.97. The van der Waals surface area contributed by atoms with E-state index in [0.717, 1.165) is 10.0 Å². The lowest BCUT2D eigenvalue weighted by Gasteiger charge is -2.06. The van der Waals surface area contributed by atoms with E-state index < -0.39 is 4.92 Å². The minimum absolute atomic E-state index is 0.0194. The molecular formula is C14H9BrN2O3. The number of ether oxygens (including phenoxy) is 1. The van der Waals surface area contributed by atoms with E-state index in [9.17, 15) is 10.1 Å². The number of nitrogens with zero attached hydrogens (tertiary/aromatic N) is 2. The van der Waals surface area contributed by atoms with Gasteiger partial charge < -0.3 is 4.74 Å². The summed E-state index contributed by atoms with van der Waals surface area (Å²) in [7, 11) is 0. The summed E-state index contributed by atoms with van der Waals surface area (Å²) in [6, 6.07) is 13.5. The SMILES string of the molecule is N#Cc1ccc(OCc2ccc(Br)cc2)cc1[N+](=O)[O-]. The van der Waals surface area contributed by atoms with Gasteiger partial charge in [-0.05, 0) is 29.8 Å². The van der Waals surface area contributed by atoms with E-state index in [2.05, 4.69) is 15.9 Å². The van der Waals surface area contributed by atoms with Crippen LogP contribution in [0.3, 0.4) is 0 Å². The fraction of sp³-hybridized carbons (Fsp3) is 0.0714. The first kappa shape index (κ1) is 14.0. The molecule has 6 heteroatoms. The molecule has 0 aliphatic rings. The van der Waals surface area contributed by atoms with E-state index in [0.29, 0.717) is 12.4 Å². The number of halogens is 1. The highest BCUT2D eigenvalue weighted by Gasteiger charge is 2.14. The van der Waals surface area contributed by atoms with Crippen LogP contribution in [0, 0.1) is 21.4 Å². The van der Waals surface area contributed by atoms with Crippen LogP contribution in [0.25, 0.3) is 0 Å². The van der Waals surface area contributed by atoms with Crippen LogP contribution in [0.5, 0.6) is 5.75 Å². The van der Waals surface area contributed by atoms with Gasteiger partial charge in [0.15, 0.2) is 0 Å². The molecule has 0 bridgehead atoms. The van der Waals surface area contributed by atoms with E-state index in [1.54, 1.807) is 12.1 Å². The molecule has 0 radical (unpaired) electrons. The second kappa shape index (κ2) is 6.17. The highest BCUT2D eigenvalue weighted by Crippen LogP contribution is 2.24. The van der Waals surface area contributed by atoms with Crippen LogP contribution in [0.2, 0.25) is 0 Å². The van der Waals surface area contributed by atoms with Gasteiger partial charge in [-0.1, -0.05) is 28.1 Å². The molecule has 0 aromatic heterocycles. The maximum atomic E-state index is 10.8.